The maximum atomic E-state index is 9.49. The number of amides is 1. The first-order valence-electron chi connectivity index (χ1n) is 9.00. The number of carboxylic acid groups (broad SMARTS) is 1. The summed E-state index contributed by atoms with van der Waals surface area (Å²) in [6.45, 7) is 6.85. The highest BCUT2D eigenvalue weighted by atomic mass is 32.1. The van der Waals surface area contributed by atoms with Crippen molar-refractivity contribution in [3.63, 3.8) is 0 Å². The number of nitrogens with one attached hydrogen (secondary N) is 2. The van der Waals surface area contributed by atoms with E-state index in [1.165, 1.54) is 21.6 Å². The summed E-state index contributed by atoms with van der Waals surface area (Å²) >= 11 is 1.78. The molecule has 1 aliphatic heterocycles. The van der Waals surface area contributed by atoms with Gasteiger partial charge in [-0.1, -0.05) is 13.0 Å². The van der Waals surface area contributed by atoms with Crippen molar-refractivity contribution in [2.75, 3.05) is 26.7 Å². The van der Waals surface area contributed by atoms with Crippen molar-refractivity contribution in [2.45, 2.75) is 25.7 Å². The Hall–Kier alpha value is -2.05. The Bertz CT molecular complexity index is 761. The molecule has 1 aliphatic carbocycles. The van der Waals surface area contributed by atoms with Crippen LogP contribution in [0.15, 0.2) is 29.6 Å². The van der Waals surface area contributed by atoms with Gasteiger partial charge < -0.3 is 20.5 Å². The molecule has 0 saturated carbocycles. The number of thiophene rings is 1. The summed E-state index contributed by atoms with van der Waals surface area (Å²) in [5.74, 6) is 3.10. The first kappa shape index (κ1) is 18.7. The van der Waals surface area contributed by atoms with Crippen LogP contribution in [0.5, 0.6) is 5.75 Å². The van der Waals surface area contributed by atoms with Crippen LogP contribution < -0.4 is 15.4 Å². The highest BCUT2D eigenvalue weighted by Gasteiger charge is 2.41. The fourth-order valence-corrected chi connectivity index (χ4v) is 4.82. The van der Waals surface area contributed by atoms with Crippen LogP contribution in [0.3, 0.4) is 0 Å². The molecular weight excluding hydrogens is 348 g/mol. The minimum Gasteiger partial charge on any atom is -0.496 e. The van der Waals surface area contributed by atoms with Gasteiger partial charge in [0.25, 0.3) is 0 Å². The van der Waals surface area contributed by atoms with Crippen molar-refractivity contribution in [3.8, 4) is 16.2 Å². The van der Waals surface area contributed by atoms with Crippen LogP contribution in [0.4, 0.5) is 4.79 Å². The van der Waals surface area contributed by atoms with Crippen LogP contribution in [0.2, 0.25) is 0 Å². The zero-order chi connectivity index (χ0) is 18.7. The number of benzene rings is 1. The summed E-state index contributed by atoms with van der Waals surface area (Å²) in [6, 6.07) is 8.95. The lowest BCUT2D eigenvalue weighted by Gasteiger charge is -2.14. The van der Waals surface area contributed by atoms with Gasteiger partial charge in [0.15, 0.2) is 0 Å². The molecule has 1 amide bonds. The Morgan fingerprint density at radius 1 is 1.38 bits per heavy atom. The highest BCUT2D eigenvalue weighted by Crippen LogP contribution is 2.51. The average molecular weight is 375 g/mol. The second-order valence-corrected chi connectivity index (χ2v) is 7.66. The third-order valence-corrected chi connectivity index (χ3v) is 6.22. The third-order valence-electron chi connectivity index (χ3n) is 5.31. The highest BCUT2D eigenvalue weighted by molar-refractivity contribution is 7.13. The number of methoxy groups -OCH3 is 1. The van der Waals surface area contributed by atoms with Crippen LogP contribution in [0.25, 0.3) is 10.4 Å². The number of carbonyl (C=O) groups is 1. The molecule has 2 aromatic rings. The van der Waals surface area contributed by atoms with E-state index in [1.807, 2.05) is 0 Å². The van der Waals surface area contributed by atoms with Gasteiger partial charge in [0.05, 0.1) is 7.11 Å². The Morgan fingerprint density at radius 3 is 2.77 bits per heavy atom. The van der Waals surface area contributed by atoms with Crippen LogP contribution >= 0.6 is 11.3 Å². The number of rotatable bonds is 3. The van der Waals surface area contributed by atoms with Crippen molar-refractivity contribution in [3.05, 3.63) is 40.8 Å². The van der Waals surface area contributed by atoms with Gasteiger partial charge in [-0.3, -0.25) is 0 Å². The lowest BCUT2D eigenvalue weighted by atomic mass is 9.91. The minimum absolute atomic E-state index is 0.481. The molecule has 2 aliphatic rings. The number of hydrogen-bond donors (Lipinski definition) is 3. The number of hydrogen-bond acceptors (Lipinski definition) is 4. The van der Waals surface area contributed by atoms with E-state index in [-0.39, 0.29) is 0 Å². The van der Waals surface area contributed by atoms with Gasteiger partial charge in [-0.2, -0.15) is 0 Å². The summed E-state index contributed by atoms with van der Waals surface area (Å²) in [5.41, 5.74) is 4.29. The van der Waals surface area contributed by atoms with Crippen molar-refractivity contribution in [2.24, 2.45) is 5.92 Å². The maximum Gasteiger partial charge on any atom is 0.404 e. The molecule has 1 aromatic heterocycles. The van der Waals surface area contributed by atoms with Gasteiger partial charge in [-0.25, -0.2) is 4.79 Å². The lowest BCUT2D eigenvalue weighted by Crippen LogP contribution is -2.19. The largest absolute Gasteiger partial charge is 0.496 e. The van der Waals surface area contributed by atoms with Gasteiger partial charge >= 0.3 is 6.09 Å². The standard InChI is InChI=1S/C17H19NOS.C3H7NO2/c1-10-11-6-13(17-4-3-5-20-17)16(19-2)7-12(11)15-9-18-8-14(10)15;1-2-4-3(5)6/h3-7,10,14-15,18H,8-9H2,1-2H3;4H,2H2,1H3,(H,5,6). The van der Waals surface area contributed by atoms with E-state index in [1.54, 1.807) is 25.4 Å². The third kappa shape index (κ3) is 3.57. The van der Waals surface area contributed by atoms with Gasteiger partial charge in [0.1, 0.15) is 5.75 Å². The molecular formula is C20H26N2O3S. The zero-order valence-corrected chi connectivity index (χ0v) is 16.2. The van der Waals surface area contributed by atoms with E-state index in [0.717, 1.165) is 24.8 Å². The van der Waals surface area contributed by atoms with Gasteiger partial charge in [-0.15, -0.1) is 11.3 Å². The zero-order valence-electron chi connectivity index (χ0n) is 15.4. The first-order valence-corrected chi connectivity index (χ1v) is 9.88. The number of ether oxygens (including phenoxy) is 1. The van der Waals surface area contributed by atoms with Crippen LogP contribution in [-0.4, -0.2) is 37.9 Å². The van der Waals surface area contributed by atoms with Gasteiger partial charge in [0.2, 0.25) is 0 Å². The molecule has 2 heterocycles. The average Bonchev–Trinajstić information content (AvgIpc) is 3.35. The molecule has 6 heteroatoms. The molecule has 140 valence electrons. The molecule has 0 radical (unpaired) electrons. The monoisotopic (exact) mass is 374 g/mol. The van der Waals surface area contributed by atoms with Crippen LogP contribution in [0.1, 0.15) is 36.8 Å². The fourth-order valence-electron chi connectivity index (χ4n) is 4.07. The second-order valence-electron chi connectivity index (χ2n) is 6.71. The minimum atomic E-state index is -0.961. The van der Waals surface area contributed by atoms with E-state index in [2.05, 4.69) is 47.2 Å². The quantitative estimate of drug-likeness (QED) is 0.756. The van der Waals surface area contributed by atoms with Crippen molar-refractivity contribution >= 4 is 17.4 Å². The Morgan fingerprint density at radius 2 is 2.19 bits per heavy atom. The Labute approximate surface area is 158 Å². The van der Waals surface area contributed by atoms with Crippen molar-refractivity contribution < 1.29 is 14.6 Å². The molecule has 1 fully saturated rings. The molecule has 0 bridgehead atoms. The van der Waals surface area contributed by atoms with E-state index in [4.69, 9.17) is 9.84 Å². The molecule has 26 heavy (non-hydrogen) atoms. The molecule has 4 rings (SSSR count). The molecule has 1 aromatic carbocycles. The smallest absolute Gasteiger partial charge is 0.404 e. The summed E-state index contributed by atoms with van der Waals surface area (Å²) in [6.07, 6.45) is -0.961. The normalized spacial score (nSPS) is 22.8. The van der Waals surface area contributed by atoms with E-state index >= 15 is 0 Å². The number of fused-ring (bicyclic) bond motifs is 3. The van der Waals surface area contributed by atoms with E-state index in [9.17, 15) is 4.79 Å². The molecule has 3 unspecified atom stereocenters. The molecule has 0 spiro atoms. The fraction of sp³-hybridized carbons (Fsp3) is 0.450. The molecule has 5 nitrogen and oxygen atoms in total. The lowest BCUT2D eigenvalue weighted by molar-refractivity contribution is 0.195. The van der Waals surface area contributed by atoms with Crippen LogP contribution in [-0.2, 0) is 0 Å². The maximum absolute atomic E-state index is 9.49. The molecule has 1 saturated heterocycles. The molecule has 3 atom stereocenters. The summed E-state index contributed by atoms with van der Waals surface area (Å²) in [5, 5.41) is 15.6. The Balaban J connectivity index is 0.000000286. The van der Waals surface area contributed by atoms with Gasteiger partial charge in [0, 0.05) is 29.4 Å². The Kier molecular flexibility index (Phi) is 5.84. The topological polar surface area (TPSA) is 70.6 Å². The first-order chi connectivity index (χ1) is 12.6. The SMILES string of the molecule is CCNC(=O)O.COc1cc2c(cc1-c1cccs1)C(C)C1CNCC21. The summed E-state index contributed by atoms with van der Waals surface area (Å²) in [7, 11) is 1.78. The van der Waals surface area contributed by atoms with Gasteiger partial charge in [-0.05, 0) is 60.0 Å². The predicted molar refractivity (Wildman–Crippen MR) is 106 cm³/mol. The van der Waals surface area contributed by atoms with E-state index < -0.39 is 6.09 Å². The predicted octanol–water partition coefficient (Wildman–Crippen LogP) is 4.12. The van der Waals surface area contributed by atoms with Crippen molar-refractivity contribution in [1.29, 1.82) is 0 Å². The summed E-state index contributed by atoms with van der Waals surface area (Å²) in [4.78, 5) is 10.8. The summed E-state index contributed by atoms with van der Waals surface area (Å²) < 4.78 is 5.66. The van der Waals surface area contributed by atoms with Crippen LogP contribution in [0, 0.1) is 5.92 Å². The molecule has 3 N–H and O–H groups in total. The van der Waals surface area contributed by atoms with E-state index in [0.29, 0.717) is 18.4 Å². The van der Waals surface area contributed by atoms with Crippen molar-refractivity contribution in [1.82, 2.24) is 10.6 Å². The second kappa shape index (κ2) is 8.10.